The Kier molecular flexibility index (Phi) is 5.90. The van der Waals surface area contributed by atoms with E-state index in [1.54, 1.807) is 11.1 Å². The highest BCUT2D eigenvalue weighted by atomic mass is 32.2. The molecule has 2 fully saturated rings. The fraction of sp³-hybridized carbons (Fsp3) is 0.647. The molecule has 138 valence electrons. The molecule has 1 aromatic rings. The zero-order valence-electron chi connectivity index (χ0n) is 14.4. The summed E-state index contributed by atoms with van der Waals surface area (Å²) in [7, 11) is -2.98. The Hall–Kier alpha value is -1.67. The molecule has 3 heterocycles. The van der Waals surface area contributed by atoms with Crippen molar-refractivity contribution in [3.63, 3.8) is 0 Å². The molecule has 3 rings (SSSR count). The van der Waals surface area contributed by atoms with Crippen molar-refractivity contribution >= 4 is 15.9 Å². The molecule has 1 aromatic heterocycles. The first-order valence-electron chi connectivity index (χ1n) is 8.92. The molecule has 2 saturated heterocycles. The second-order valence-corrected chi connectivity index (χ2v) is 9.03. The first-order chi connectivity index (χ1) is 12.1. The van der Waals surface area contributed by atoms with Gasteiger partial charge in [0.2, 0.25) is 0 Å². The van der Waals surface area contributed by atoms with Crippen LogP contribution in [0, 0.1) is 0 Å². The Balaban J connectivity index is 1.61. The van der Waals surface area contributed by atoms with Crippen molar-refractivity contribution in [2.75, 3.05) is 44.2 Å². The minimum absolute atomic E-state index is 0.0541. The molecule has 7 nitrogen and oxygen atoms in total. The van der Waals surface area contributed by atoms with Crippen LogP contribution in [0.15, 0.2) is 24.5 Å². The molecule has 0 bridgehead atoms. The molecule has 8 heteroatoms. The number of amides is 2. The minimum Gasteiger partial charge on any atom is -0.336 e. The molecule has 2 aliphatic heterocycles. The van der Waals surface area contributed by atoms with E-state index >= 15 is 0 Å². The molecule has 0 aliphatic carbocycles. The average molecular weight is 366 g/mol. The SMILES string of the molecule is O=C(NCC(c1cccnc1)N1CCCCC1)N1CCS(=O)(=O)CC1. The fourth-order valence-electron chi connectivity index (χ4n) is 3.47. The Morgan fingerprint density at radius 2 is 1.88 bits per heavy atom. The van der Waals surface area contributed by atoms with Gasteiger partial charge in [-0.05, 0) is 37.6 Å². The van der Waals surface area contributed by atoms with Gasteiger partial charge in [0.25, 0.3) is 0 Å². The van der Waals surface area contributed by atoms with E-state index < -0.39 is 9.84 Å². The van der Waals surface area contributed by atoms with Crippen molar-refractivity contribution in [1.29, 1.82) is 0 Å². The van der Waals surface area contributed by atoms with Gasteiger partial charge < -0.3 is 10.2 Å². The van der Waals surface area contributed by atoms with Gasteiger partial charge in [-0.3, -0.25) is 9.88 Å². The van der Waals surface area contributed by atoms with Crippen LogP contribution in [0.25, 0.3) is 0 Å². The Labute approximate surface area is 149 Å². The number of pyridine rings is 1. The highest BCUT2D eigenvalue weighted by Crippen LogP contribution is 2.23. The number of rotatable bonds is 4. The lowest BCUT2D eigenvalue weighted by atomic mass is 10.0. The second-order valence-electron chi connectivity index (χ2n) is 6.72. The lowest BCUT2D eigenvalue weighted by molar-refractivity contribution is 0.155. The average Bonchev–Trinajstić information content (AvgIpc) is 2.63. The standard InChI is InChI=1S/C17H26N4O3S/c22-17(21-9-11-25(23,24)12-10-21)19-14-16(15-5-4-6-18-13-15)20-7-2-1-3-8-20/h4-6,13,16H,1-3,7-12,14H2,(H,19,22). The number of hydrogen-bond donors (Lipinski definition) is 1. The Bertz CT molecular complexity index is 660. The summed E-state index contributed by atoms with van der Waals surface area (Å²) in [4.78, 5) is 20.6. The second kappa shape index (κ2) is 8.14. The normalized spacial score (nSPS) is 22.3. The number of hydrogen-bond acceptors (Lipinski definition) is 5. The number of carbonyl (C=O) groups is 1. The monoisotopic (exact) mass is 366 g/mol. The molecular weight excluding hydrogens is 340 g/mol. The molecular formula is C17H26N4O3S. The van der Waals surface area contributed by atoms with E-state index in [-0.39, 0.29) is 36.7 Å². The first kappa shape index (κ1) is 18.1. The van der Waals surface area contributed by atoms with Crippen LogP contribution in [0.4, 0.5) is 4.79 Å². The van der Waals surface area contributed by atoms with E-state index in [1.165, 1.54) is 19.3 Å². The summed E-state index contributed by atoms with van der Waals surface area (Å²) in [6.07, 6.45) is 7.22. The van der Waals surface area contributed by atoms with Crippen LogP contribution in [0.2, 0.25) is 0 Å². The summed E-state index contributed by atoms with van der Waals surface area (Å²) in [5.74, 6) is 0.108. The predicted molar refractivity (Wildman–Crippen MR) is 96.0 cm³/mol. The van der Waals surface area contributed by atoms with Crippen LogP contribution >= 0.6 is 0 Å². The Morgan fingerprint density at radius 3 is 2.52 bits per heavy atom. The van der Waals surface area contributed by atoms with Crippen LogP contribution in [-0.4, -0.2) is 73.5 Å². The Morgan fingerprint density at radius 1 is 1.16 bits per heavy atom. The zero-order chi connectivity index (χ0) is 17.7. The van der Waals surface area contributed by atoms with Gasteiger partial charge in [0.1, 0.15) is 0 Å². The molecule has 25 heavy (non-hydrogen) atoms. The van der Waals surface area contributed by atoms with Gasteiger partial charge in [0.05, 0.1) is 17.5 Å². The van der Waals surface area contributed by atoms with Gasteiger partial charge in [-0.15, -0.1) is 0 Å². The number of likely N-dealkylation sites (tertiary alicyclic amines) is 1. The number of nitrogens with zero attached hydrogens (tertiary/aromatic N) is 3. The molecule has 0 aromatic carbocycles. The van der Waals surface area contributed by atoms with Crippen LogP contribution in [-0.2, 0) is 9.84 Å². The largest absolute Gasteiger partial charge is 0.336 e. The molecule has 0 spiro atoms. The number of carbonyl (C=O) groups excluding carboxylic acids is 1. The third kappa shape index (κ3) is 4.92. The highest BCUT2D eigenvalue weighted by molar-refractivity contribution is 7.91. The molecule has 0 saturated carbocycles. The summed E-state index contributed by atoms with van der Waals surface area (Å²) < 4.78 is 23.0. The number of sulfone groups is 1. The maximum Gasteiger partial charge on any atom is 0.317 e. The lowest BCUT2D eigenvalue weighted by Gasteiger charge is -2.35. The molecule has 1 unspecified atom stereocenters. The summed E-state index contributed by atoms with van der Waals surface area (Å²) >= 11 is 0. The number of urea groups is 1. The third-order valence-electron chi connectivity index (χ3n) is 4.98. The van der Waals surface area contributed by atoms with Crippen molar-refractivity contribution in [2.45, 2.75) is 25.3 Å². The van der Waals surface area contributed by atoms with Crippen LogP contribution < -0.4 is 5.32 Å². The molecule has 2 aliphatic rings. The van der Waals surface area contributed by atoms with Crippen molar-refractivity contribution in [2.24, 2.45) is 0 Å². The maximum atomic E-state index is 12.4. The zero-order valence-corrected chi connectivity index (χ0v) is 15.2. The van der Waals surface area contributed by atoms with E-state index in [9.17, 15) is 13.2 Å². The van der Waals surface area contributed by atoms with Crippen LogP contribution in [0.3, 0.4) is 0 Å². The van der Waals surface area contributed by atoms with Gasteiger partial charge in [-0.25, -0.2) is 13.2 Å². The summed E-state index contributed by atoms with van der Waals surface area (Å²) in [5, 5.41) is 3.00. The van der Waals surface area contributed by atoms with Gasteiger partial charge in [0.15, 0.2) is 9.84 Å². The maximum absolute atomic E-state index is 12.4. The lowest BCUT2D eigenvalue weighted by Crippen LogP contribution is -2.50. The van der Waals surface area contributed by atoms with Gasteiger partial charge in [-0.1, -0.05) is 12.5 Å². The van der Waals surface area contributed by atoms with E-state index in [0.717, 1.165) is 18.7 Å². The minimum atomic E-state index is -2.98. The highest BCUT2D eigenvalue weighted by Gasteiger charge is 2.27. The van der Waals surface area contributed by atoms with Gasteiger partial charge in [-0.2, -0.15) is 0 Å². The number of aromatic nitrogens is 1. The third-order valence-corrected chi connectivity index (χ3v) is 6.59. The fourth-order valence-corrected chi connectivity index (χ4v) is 4.67. The number of piperidine rings is 1. The van der Waals surface area contributed by atoms with Gasteiger partial charge >= 0.3 is 6.03 Å². The van der Waals surface area contributed by atoms with Crippen LogP contribution in [0.1, 0.15) is 30.9 Å². The van der Waals surface area contributed by atoms with Crippen molar-refractivity contribution in [3.05, 3.63) is 30.1 Å². The van der Waals surface area contributed by atoms with Gasteiger partial charge in [0, 0.05) is 32.0 Å². The molecule has 0 radical (unpaired) electrons. The first-order valence-corrected chi connectivity index (χ1v) is 10.7. The topological polar surface area (TPSA) is 82.6 Å². The molecule has 1 atom stereocenters. The van der Waals surface area contributed by atoms with E-state index in [1.807, 2.05) is 18.3 Å². The quantitative estimate of drug-likeness (QED) is 0.861. The van der Waals surface area contributed by atoms with E-state index in [0.29, 0.717) is 6.54 Å². The van der Waals surface area contributed by atoms with Crippen molar-refractivity contribution in [3.8, 4) is 0 Å². The summed E-state index contributed by atoms with van der Waals surface area (Å²) in [5.41, 5.74) is 1.10. The number of nitrogens with one attached hydrogen (secondary N) is 1. The van der Waals surface area contributed by atoms with Crippen molar-refractivity contribution in [1.82, 2.24) is 20.1 Å². The van der Waals surface area contributed by atoms with E-state index in [4.69, 9.17) is 0 Å². The predicted octanol–water partition coefficient (Wildman–Crippen LogP) is 1.05. The van der Waals surface area contributed by atoms with E-state index in [2.05, 4.69) is 15.2 Å². The van der Waals surface area contributed by atoms with Crippen molar-refractivity contribution < 1.29 is 13.2 Å². The smallest absolute Gasteiger partial charge is 0.317 e. The van der Waals surface area contributed by atoms with Crippen LogP contribution in [0.5, 0.6) is 0 Å². The molecule has 1 N–H and O–H groups in total. The summed E-state index contributed by atoms with van der Waals surface area (Å²) in [6.45, 7) is 3.10. The molecule has 2 amide bonds. The summed E-state index contributed by atoms with van der Waals surface area (Å²) in [6, 6.07) is 3.89.